The number of thioether (sulfide) groups is 2. The fourth-order valence-corrected chi connectivity index (χ4v) is 5.39. The Labute approximate surface area is 225 Å². The third-order valence-corrected chi connectivity index (χ3v) is 7.21. The maximum atomic E-state index is 14.0. The van der Waals surface area contributed by atoms with Crippen molar-refractivity contribution in [2.45, 2.75) is 71.8 Å². The lowest BCUT2D eigenvalue weighted by atomic mass is 9.98. The molecule has 1 heterocycles. The van der Waals surface area contributed by atoms with E-state index in [1.54, 1.807) is 0 Å². The molecule has 18 heteroatoms. The molecule has 0 N–H and O–H groups in total. The maximum absolute atomic E-state index is 14.0. The second-order valence-electron chi connectivity index (χ2n) is 7.42. The van der Waals surface area contributed by atoms with Crippen LogP contribution in [-0.4, -0.2) is 90.0 Å². The van der Waals surface area contributed by atoms with Gasteiger partial charge in [0.25, 0.3) is 6.43 Å². The Bertz CT molecular complexity index is 880. The van der Waals surface area contributed by atoms with E-state index in [1.807, 2.05) is 0 Å². The van der Waals surface area contributed by atoms with Gasteiger partial charge in [0.2, 0.25) is 6.29 Å². The predicted molar refractivity (Wildman–Crippen MR) is 128 cm³/mol. The Morgan fingerprint density at radius 1 is 0.763 bits per heavy atom. The molecule has 0 aromatic rings. The number of phosphoric acid groups is 1. The molecule has 13 nitrogen and oxygen atoms in total. The van der Waals surface area contributed by atoms with Gasteiger partial charge in [-0.05, 0) is 0 Å². The molecule has 0 radical (unpaired) electrons. The highest BCUT2D eigenvalue weighted by Crippen LogP contribution is 2.52. The molecule has 0 saturated carbocycles. The average molecular weight is 611 g/mol. The molecule has 0 aliphatic carbocycles. The Morgan fingerprint density at radius 2 is 1.18 bits per heavy atom. The van der Waals surface area contributed by atoms with Crippen LogP contribution in [-0.2, 0) is 61.1 Å². The van der Waals surface area contributed by atoms with Crippen LogP contribution in [0.3, 0.4) is 0 Å². The molecule has 0 aromatic carbocycles. The second-order valence-corrected chi connectivity index (χ2v) is 11.6. The Morgan fingerprint density at radius 3 is 1.58 bits per heavy atom. The van der Waals surface area contributed by atoms with Crippen molar-refractivity contribution in [2.75, 3.05) is 24.7 Å². The van der Waals surface area contributed by atoms with E-state index in [-0.39, 0.29) is 35.0 Å². The molecule has 38 heavy (non-hydrogen) atoms. The molecule has 0 amide bonds. The van der Waals surface area contributed by atoms with E-state index in [4.69, 9.17) is 32.5 Å². The zero-order valence-corrected chi connectivity index (χ0v) is 23.6. The molecule has 1 fully saturated rings. The zero-order valence-electron chi connectivity index (χ0n) is 21.1. The van der Waals surface area contributed by atoms with Gasteiger partial charge >= 0.3 is 25.7 Å². The van der Waals surface area contributed by atoms with Gasteiger partial charge in [0.1, 0.15) is 0 Å². The molecule has 0 spiro atoms. The van der Waals surface area contributed by atoms with Crippen molar-refractivity contribution >= 4 is 59.5 Å². The van der Waals surface area contributed by atoms with Crippen LogP contribution in [0.25, 0.3) is 0 Å². The topological polar surface area (TPSA) is 167 Å². The van der Waals surface area contributed by atoms with Crippen LogP contribution in [0.5, 0.6) is 0 Å². The summed E-state index contributed by atoms with van der Waals surface area (Å²) in [4.78, 5) is 57.5. The van der Waals surface area contributed by atoms with Gasteiger partial charge in [0, 0.05) is 46.1 Å². The van der Waals surface area contributed by atoms with Crippen molar-refractivity contribution in [1.82, 2.24) is 0 Å². The fourth-order valence-electron chi connectivity index (χ4n) is 2.99. The third kappa shape index (κ3) is 12.5. The minimum Gasteiger partial charge on any atom is -0.455 e. The van der Waals surface area contributed by atoms with E-state index < -0.39 is 62.9 Å². The summed E-state index contributed by atoms with van der Waals surface area (Å²) < 4.78 is 77.3. The van der Waals surface area contributed by atoms with E-state index in [2.05, 4.69) is 0 Å². The van der Waals surface area contributed by atoms with E-state index >= 15 is 0 Å². The molecule has 1 saturated heterocycles. The highest BCUT2D eigenvalue weighted by Gasteiger charge is 2.57. The normalized spacial score (nSPS) is 23.5. The van der Waals surface area contributed by atoms with Gasteiger partial charge in [0.15, 0.2) is 34.6 Å². The zero-order chi connectivity index (χ0) is 29.0. The highest BCUT2D eigenvalue weighted by atomic mass is 32.2. The van der Waals surface area contributed by atoms with E-state index in [1.165, 1.54) is 13.8 Å². The predicted octanol–water partition coefficient (Wildman–Crippen LogP) is 2.49. The van der Waals surface area contributed by atoms with Gasteiger partial charge in [-0.15, -0.1) is 0 Å². The van der Waals surface area contributed by atoms with Crippen molar-refractivity contribution in [2.24, 2.45) is 0 Å². The van der Waals surface area contributed by atoms with Gasteiger partial charge in [0.05, 0.1) is 13.2 Å². The number of ether oxygens (including phenoxy) is 4. The van der Waals surface area contributed by atoms with Crippen molar-refractivity contribution < 1.29 is 69.8 Å². The number of rotatable bonds is 14. The summed E-state index contributed by atoms with van der Waals surface area (Å²) in [5.41, 5.74) is 0. The monoisotopic (exact) mass is 610 g/mol. The Balaban J connectivity index is 3.36. The van der Waals surface area contributed by atoms with E-state index in [0.717, 1.165) is 44.3 Å². The number of phosphoric ester groups is 1. The molecule has 1 aliphatic rings. The Hall–Kier alpha value is -1.62. The minimum atomic E-state index is -4.71. The first-order chi connectivity index (χ1) is 17.6. The molecule has 0 bridgehead atoms. The lowest BCUT2D eigenvalue weighted by Gasteiger charge is -2.44. The van der Waals surface area contributed by atoms with Gasteiger partial charge in [-0.2, -0.15) is 0 Å². The molecule has 218 valence electrons. The van der Waals surface area contributed by atoms with Crippen molar-refractivity contribution in [3.8, 4) is 0 Å². The first-order valence-corrected chi connectivity index (χ1v) is 14.4. The van der Waals surface area contributed by atoms with Crippen LogP contribution < -0.4 is 0 Å². The third-order valence-electron chi connectivity index (χ3n) is 4.19. The van der Waals surface area contributed by atoms with Crippen molar-refractivity contribution in [3.05, 3.63) is 0 Å². The first-order valence-electron chi connectivity index (χ1n) is 10.9. The molecule has 1 rings (SSSR count). The minimum absolute atomic E-state index is 0.0113. The molecule has 1 aliphatic heterocycles. The number of carbonyl (C=O) groups is 5. The van der Waals surface area contributed by atoms with Crippen LogP contribution >= 0.6 is 31.3 Å². The second kappa shape index (κ2) is 16.5. The molecular formula is C20H29F2O13PS2. The molecule has 5 atom stereocenters. The molecular weight excluding hydrogens is 581 g/mol. The van der Waals surface area contributed by atoms with Gasteiger partial charge in [-0.25, -0.2) is 13.3 Å². The summed E-state index contributed by atoms with van der Waals surface area (Å²) in [6.07, 6.45) is -13.4. The summed E-state index contributed by atoms with van der Waals surface area (Å²) in [5.74, 6) is -3.04. The summed E-state index contributed by atoms with van der Waals surface area (Å²) >= 11 is 1.65. The van der Waals surface area contributed by atoms with E-state index in [9.17, 15) is 37.3 Å². The number of carbonyl (C=O) groups excluding carboxylic acids is 5. The highest BCUT2D eigenvalue weighted by molar-refractivity contribution is 8.13. The quantitative estimate of drug-likeness (QED) is 0.122. The lowest BCUT2D eigenvalue weighted by molar-refractivity contribution is -0.303. The van der Waals surface area contributed by atoms with Crippen LogP contribution in [0.4, 0.5) is 8.78 Å². The van der Waals surface area contributed by atoms with Crippen LogP contribution in [0, 0.1) is 0 Å². The molecule has 0 aromatic heterocycles. The summed E-state index contributed by atoms with van der Waals surface area (Å²) in [6.45, 7) is 4.61. The number of hydrogen-bond acceptors (Lipinski definition) is 15. The SMILES string of the molecule is CC(=O)OC1C(OP(=O)(OCCSC(C)=O)OCCSC(C)=O)OC(C(F)F)C(OC(C)=O)C1OC(C)=O. The smallest absolute Gasteiger partial charge is 0.455 e. The average Bonchev–Trinajstić information content (AvgIpc) is 2.77. The van der Waals surface area contributed by atoms with E-state index in [0.29, 0.717) is 0 Å². The fraction of sp³-hybridized carbons (Fsp3) is 0.750. The summed E-state index contributed by atoms with van der Waals surface area (Å²) in [7, 11) is -4.71. The van der Waals surface area contributed by atoms with Gasteiger partial charge < -0.3 is 18.9 Å². The van der Waals surface area contributed by atoms with Crippen LogP contribution in [0.1, 0.15) is 34.6 Å². The maximum Gasteiger partial charge on any atom is 0.477 e. The number of hydrogen-bond donors (Lipinski definition) is 0. The van der Waals surface area contributed by atoms with Gasteiger partial charge in [-0.1, -0.05) is 23.5 Å². The van der Waals surface area contributed by atoms with Crippen molar-refractivity contribution in [1.29, 1.82) is 0 Å². The number of esters is 3. The first kappa shape index (κ1) is 34.4. The number of alkyl halides is 2. The lowest BCUT2D eigenvalue weighted by Crippen LogP contribution is -2.63. The Kier molecular flexibility index (Phi) is 14.9. The van der Waals surface area contributed by atoms with Crippen LogP contribution in [0.2, 0.25) is 0 Å². The summed E-state index contributed by atoms with van der Waals surface area (Å²) in [5, 5.41) is -0.539. The summed E-state index contributed by atoms with van der Waals surface area (Å²) in [6, 6.07) is 0. The largest absolute Gasteiger partial charge is 0.477 e. The van der Waals surface area contributed by atoms with Crippen molar-refractivity contribution in [3.63, 3.8) is 0 Å². The molecule has 5 unspecified atom stereocenters. The standard InChI is InChI=1S/C20H29F2O13PS2/c1-10(23)31-15-16(32-11(2)24)18(33-12(3)25)20(34-17(15)19(21)22)35-36(28,29-6-8-37-13(4)26)30-7-9-38-14(5)27/h15-20H,6-9H2,1-5H3. The number of halogens is 2. The van der Waals surface area contributed by atoms with Crippen LogP contribution in [0.15, 0.2) is 0 Å². The van der Waals surface area contributed by atoms with Gasteiger partial charge in [-0.3, -0.25) is 37.5 Å².